The Balaban J connectivity index is 1.76. The van der Waals surface area contributed by atoms with Gasteiger partial charge < -0.3 is 0 Å². The molecule has 0 aromatic carbocycles. The number of nitrogens with zero attached hydrogens (tertiary/aromatic N) is 2. The molecule has 1 heterocycles. The number of likely N-dealkylation sites (tertiary alicyclic amines) is 1. The number of nitriles is 1. The summed E-state index contributed by atoms with van der Waals surface area (Å²) in [7, 11) is 0. The molecule has 0 radical (unpaired) electrons. The summed E-state index contributed by atoms with van der Waals surface area (Å²) in [5, 5.41) is 12.6. The van der Waals surface area contributed by atoms with Crippen molar-refractivity contribution in [3.63, 3.8) is 0 Å². The van der Waals surface area contributed by atoms with E-state index < -0.39 is 0 Å². The molecule has 1 aliphatic heterocycles. The molecule has 2 aliphatic rings. The third-order valence-electron chi connectivity index (χ3n) is 4.27. The second-order valence-electron chi connectivity index (χ2n) is 5.64. The van der Waals surface area contributed by atoms with Crippen LogP contribution in [0.5, 0.6) is 0 Å². The Kier molecular flexibility index (Phi) is 4.42. The smallest absolute Gasteiger partial charge is 0.0967 e. The first-order valence-electron chi connectivity index (χ1n) is 7.16. The standard InChI is InChI=1S/C14H25N3/c1-3-14-7-4-11(2)17(14)9-8-13(10-15)16-12-5-6-12/h11-14,16H,3-9H2,1-2H3. The van der Waals surface area contributed by atoms with Gasteiger partial charge in [-0.3, -0.25) is 10.2 Å². The van der Waals surface area contributed by atoms with Crippen LogP contribution < -0.4 is 5.32 Å². The van der Waals surface area contributed by atoms with Crippen LogP contribution in [-0.4, -0.2) is 35.6 Å². The Labute approximate surface area is 105 Å². The summed E-state index contributed by atoms with van der Waals surface area (Å²) in [4.78, 5) is 2.61. The molecule has 3 atom stereocenters. The summed E-state index contributed by atoms with van der Waals surface area (Å²) >= 11 is 0. The van der Waals surface area contributed by atoms with E-state index in [-0.39, 0.29) is 6.04 Å². The second kappa shape index (κ2) is 5.84. The summed E-state index contributed by atoms with van der Waals surface area (Å²) in [5.74, 6) is 0. The van der Waals surface area contributed by atoms with Gasteiger partial charge in [-0.15, -0.1) is 0 Å². The van der Waals surface area contributed by atoms with Crippen molar-refractivity contribution in [2.45, 2.75) is 76.5 Å². The van der Waals surface area contributed by atoms with Crippen LogP contribution in [0.3, 0.4) is 0 Å². The van der Waals surface area contributed by atoms with Crippen LogP contribution in [0.4, 0.5) is 0 Å². The average molecular weight is 235 g/mol. The minimum atomic E-state index is 0.0628. The van der Waals surface area contributed by atoms with Crippen LogP contribution in [0.1, 0.15) is 52.4 Å². The molecule has 0 aromatic rings. The van der Waals surface area contributed by atoms with Crippen molar-refractivity contribution >= 4 is 0 Å². The molecule has 1 aliphatic carbocycles. The molecule has 0 amide bonds. The normalized spacial score (nSPS) is 31.4. The lowest BCUT2D eigenvalue weighted by Gasteiger charge is -2.28. The topological polar surface area (TPSA) is 39.1 Å². The van der Waals surface area contributed by atoms with E-state index in [1.165, 1.54) is 32.1 Å². The number of hydrogen-bond acceptors (Lipinski definition) is 3. The Bertz CT molecular complexity index is 280. The molecule has 0 spiro atoms. The first kappa shape index (κ1) is 12.9. The summed E-state index contributed by atoms with van der Waals surface area (Å²) < 4.78 is 0. The van der Waals surface area contributed by atoms with Gasteiger partial charge in [0.05, 0.1) is 12.1 Å². The Morgan fingerprint density at radius 2 is 2.12 bits per heavy atom. The minimum Gasteiger partial charge on any atom is -0.299 e. The van der Waals surface area contributed by atoms with Gasteiger partial charge in [-0.05, 0) is 45.4 Å². The molecule has 0 bridgehead atoms. The highest BCUT2D eigenvalue weighted by Gasteiger charge is 2.30. The zero-order valence-corrected chi connectivity index (χ0v) is 11.2. The van der Waals surface area contributed by atoms with E-state index in [0.717, 1.165) is 19.0 Å². The van der Waals surface area contributed by atoms with Crippen molar-refractivity contribution in [1.29, 1.82) is 5.26 Å². The first-order valence-corrected chi connectivity index (χ1v) is 7.16. The molecule has 1 saturated heterocycles. The van der Waals surface area contributed by atoms with E-state index in [4.69, 9.17) is 5.26 Å². The van der Waals surface area contributed by atoms with Crippen molar-refractivity contribution in [3.8, 4) is 6.07 Å². The van der Waals surface area contributed by atoms with E-state index >= 15 is 0 Å². The summed E-state index contributed by atoms with van der Waals surface area (Å²) in [6.45, 7) is 5.68. The fraction of sp³-hybridized carbons (Fsp3) is 0.929. The van der Waals surface area contributed by atoms with Crippen molar-refractivity contribution in [2.75, 3.05) is 6.54 Å². The summed E-state index contributed by atoms with van der Waals surface area (Å²) in [6.07, 6.45) is 7.41. The molecular weight excluding hydrogens is 210 g/mol. The second-order valence-corrected chi connectivity index (χ2v) is 5.64. The third-order valence-corrected chi connectivity index (χ3v) is 4.27. The molecule has 3 unspecified atom stereocenters. The van der Waals surface area contributed by atoms with E-state index in [1.807, 2.05) is 0 Å². The van der Waals surface area contributed by atoms with Gasteiger partial charge >= 0.3 is 0 Å². The van der Waals surface area contributed by atoms with E-state index in [1.54, 1.807) is 0 Å². The van der Waals surface area contributed by atoms with E-state index in [0.29, 0.717) is 12.1 Å². The molecule has 3 nitrogen and oxygen atoms in total. The average Bonchev–Trinajstić information content (AvgIpc) is 3.08. The zero-order chi connectivity index (χ0) is 12.3. The van der Waals surface area contributed by atoms with Gasteiger partial charge in [-0.2, -0.15) is 5.26 Å². The maximum atomic E-state index is 9.13. The van der Waals surface area contributed by atoms with Gasteiger partial charge in [0.1, 0.15) is 0 Å². The largest absolute Gasteiger partial charge is 0.299 e. The molecular formula is C14H25N3. The molecule has 3 heteroatoms. The summed E-state index contributed by atoms with van der Waals surface area (Å²) in [5.41, 5.74) is 0. The first-order chi connectivity index (χ1) is 8.24. The van der Waals surface area contributed by atoms with E-state index in [2.05, 4.69) is 30.1 Å². The molecule has 17 heavy (non-hydrogen) atoms. The molecule has 1 N–H and O–H groups in total. The van der Waals surface area contributed by atoms with Crippen molar-refractivity contribution in [2.24, 2.45) is 0 Å². The Morgan fingerprint density at radius 3 is 2.71 bits per heavy atom. The predicted molar refractivity (Wildman–Crippen MR) is 69.7 cm³/mol. The van der Waals surface area contributed by atoms with Crippen LogP contribution in [0.15, 0.2) is 0 Å². The lowest BCUT2D eigenvalue weighted by atomic mass is 10.1. The van der Waals surface area contributed by atoms with Gasteiger partial charge in [-0.25, -0.2) is 0 Å². The van der Waals surface area contributed by atoms with Crippen molar-refractivity contribution in [1.82, 2.24) is 10.2 Å². The fourth-order valence-electron chi connectivity index (χ4n) is 2.96. The van der Waals surface area contributed by atoms with Gasteiger partial charge in [-0.1, -0.05) is 6.92 Å². The maximum absolute atomic E-state index is 9.13. The van der Waals surface area contributed by atoms with Gasteiger partial charge in [0.25, 0.3) is 0 Å². The number of nitrogens with one attached hydrogen (secondary N) is 1. The quantitative estimate of drug-likeness (QED) is 0.767. The zero-order valence-electron chi connectivity index (χ0n) is 11.2. The molecule has 1 saturated carbocycles. The Morgan fingerprint density at radius 1 is 1.35 bits per heavy atom. The SMILES string of the molecule is CCC1CCC(C)N1CCC(C#N)NC1CC1. The monoisotopic (exact) mass is 235 g/mol. The van der Waals surface area contributed by atoms with Gasteiger partial charge in [0, 0.05) is 24.7 Å². The van der Waals surface area contributed by atoms with Crippen LogP contribution in [0.2, 0.25) is 0 Å². The van der Waals surface area contributed by atoms with Crippen molar-refractivity contribution < 1.29 is 0 Å². The van der Waals surface area contributed by atoms with E-state index in [9.17, 15) is 0 Å². The summed E-state index contributed by atoms with van der Waals surface area (Å²) in [6, 6.07) is 4.57. The molecule has 0 aromatic heterocycles. The third kappa shape index (κ3) is 3.43. The van der Waals surface area contributed by atoms with Crippen LogP contribution >= 0.6 is 0 Å². The number of hydrogen-bond donors (Lipinski definition) is 1. The molecule has 2 rings (SSSR count). The highest BCUT2D eigenvalue weighted by atomic mass is 15.2. The van der Waals surface area contributed by atoms with Gasteiger partial charge in [0.15, 0.2) is 0 Å². The Hall–Kier alpha value is -0.590. The highest BCUT2D eigenvalue weighted by Crippen LogP contribution is 2.26. The molecule has 96 valence electrons. The minimum absolute atomic E-state index is 0.0628. The fourth-order valence-corrected chi connectivity index (χ4v) is 2.96. The maximum Gasteiger partial charge on any atom is 0.0967 e. The number of rotatable bonds is 6. The van der Waals surface area contributed by atoms with Crippen LogP contribution in [-0.2, 0) is 0 Å². The highest BCUT2D eigenvalue weighted by molar-refractivity contribution is 4.97. The lowest BCUT2D eigenvalue weighted by Crippen LogP contribution is -2.39. The predicted octanol–water partition coefficient (Wildman–Crippen LogP) is 2.28. The molecule has 2 fully saturated rings. The van der Waals surface area contributed by atoms with Crippen LogP contribution in [0.25, 0.3) is 0 Å². The lowest BCUT2D eigenvalue weighted by molar-refractivity contribution is 0.192. The van der Waals surface area contributed by atoms with Crippen LogP contribution in [0, 0.1) is 11.3 Å². The van der Waals surface area contributed by atoms with Crippen molar-refractivity contribution in [3.05, 3.63) is 0 Å². The van der Waals surface area contributed by atoms with Gasteiger partial charge in [0.2, 0.25) is 0 Å².